The fourth-order valence-electron chi connectivity index (χ4n) is 4.02. The van der Waals surface area contributed by atoms with Gasteiger partial charge in [0.05, 0.1) is 34.5 Å². The first kappa shape index (κ1) is 50.1. The Hall–Kier alpha value is -3.99. The number of hydrogen-bond donors (Lipinski definition) is 2. The minimum absolute atomic E-state index is 0. The van der Waals surface area contributed by atoms with Crippen molar-refractivity contribution < 1.29 is 84.5 Å². The third-order valence-corrected chi connectivity index (χ3v) is 5.64. The fourth-order valence-corrected chi connectivity index (χ4v) is 4.02. The normalized spacial score (nSPS) is 9.87. The van der Waals surface area contributed by atoms with Gasteiger partial charge in [-0.3, -0.25) is 19.9 Å². The summed E-state index contributed by atoms with van der Waals surface area (Å²) in [7, 11) is -7.89. The van der Waals surface area contributed by atoms with Crippen LogP contribution in [0.1, 0.15) is 24.0 Å². The van der Waals surface area contributed by atoms with Crippen molar-refractivity contribution in [2.24, 2.45) is 0 Å². The molecule has 0 atom stereocenters. The molecule has 15 nitrogen and oxygen atoms in total. The molecule has 3 heterocycles. The van der Waals surface area contributed by atoms with Gasteiger partial charge < -0.3 is 10.2 Å². The molecule has 0 saturated carbocycles. The Kier molecular flexibility index (Phi) is 27.6. The Labute approximate surface area is 316 Å². The van der Waals surface area contributed by atoms with Gasteiger partial charge in [0.2, 0.25) is 0 Å². The van der Waals surface area contributed by atoms with E-state index < -0.39 is 20.5 Å². The average Bonchev–Trinajstić information content (AvgIpc) is 3.10. The Morgan fingerprint density at radius 1 is 0.538 bits per heavy atom. The van der Waals surface area contributed by atoms with E-state index >= 15 is 0 Å². The second kappa shape index (κ2) is 28.6. The third-order valence-electron chi connectivity index (χ3n) is 5.64. The fraction of sp³-hybridized carbons (Fsp3) is 0.176. The van der Waals surface area contributed by atoms with E-state index in [0.29, 0.717) is 13.1 Å². The molecule has 0 aliphatic heterocycles. The molecule has 0 unspecified atom stereocenters. The SMILES string of the molecule is CC#N.CO.CO.[Ni+3].[O-][Cl+3]([O-])([O-])[O-].[O-][Cl+3]([O-])([O-])[O-].c1ccc(-c2cccc(CN(Cc3ccccn3)Cc3cccc(-c4ccccc4)n3)n2)cc1. The number of nitriles is 1. The van der Waals surface area contributed by atoms with E-state index in [1.807, 2.05) is 54.7 Å². The molecule has 0 spiro atoms. The maximum atomic E-state index is 8.49. The molecule has 0 fully saturated rings. The van der Waals surface area contributed by atoms with Crippen LogP contribution in [0.2, 0.25) is 0 Å². The summed E-state index contributed by atoms with van der Waals surface area (Å²) in [6, 6.07) is 40.9. The second-order valence-corrected chi connectivity index (χ2v) is 10.7. The first-order chi connectivity index (χ1) is 24.2. The predicted octanol–water partition coefficient (Wildman–Crippen LogP) is -3.36. The summed E-state index contributed by atoms with van der Waals surface area (Å²) in [6.45, 7) is 3.55. The number of halogens is 2. The van der Waals surface area contributed by atoms with Crippen LogP contribution in [-0.2, 0) is 36.1 Å². The van der Waals surface area contributed by atoms with E-state index in [1.54, 1.807) is 6.07 Å². The van der Waals surface area contributed by atoms with Gasteiger partial charge in [0.25, 0.3) is 0 Å². The van der Waals surface area contributed by atoms with Crippen molar-refractivity contribution in [2.75, 3.05) is 14.2 Å². The van der Waals surface area contributed by atoms with Gasteiger partial charge in [0.1, 0.15) is 0 Å². The number of benzene rings is 2. The maximum absolute atomic E-state index is 8.49. The van der Waals surface area contributed by atoms with Gasteiger partial charge in [-0.25, -0.2) is 37.3 Å². The monoisotopic (exact) mass is 803 g/mol. The van der Waals surface area contributed by atoms with Gasteiger partial charge in [0, 0.05) is 58.1 Å². The number of rotatable bonds is 8. The zero-order valence-corrected chi connectivity index (χ0v) is 30.6. The van der Waals surface area contributed by atoms with Gasteiger partial charge in [-0.2, -0.15) is 5.26 Å². The standard InChI is InChI=1S/C30H26N4.C2H3N.2CH4O.2ClHO4.Ni/c1-3-11-24(12-4-1)29-18-9-16-27(32-29)22-34(21-26-15-7-8-20-31-26)23-28-17-10-19-30(33-28)25-13-5-2-6-14-25;1-2-3;2*1-2;2*2-1(3,4)5;/h1-20H,21-23H2;1H3;2*2H,1H3;2*(H,2,3,4,5);/q;;;;;;+3/p-2. The van der Waals surface area contributed by atoms with Crippen LogP contribution in [0.25, 0.3) is 22.5 Å². The molecule has 0 aliphatic rings. The molecule has 18 heteroatoms. The summed E-state index contributed by atoms with van der Waals surface area (Å²) in [4.78, 5) is 16.8. The number of pyridine rings is 3. The van der Waals surface area contributed by atoms with Crippen LogP contribution in [0.5, 0.6) is 0 Å². The van der Waals surface area contributed by atoms with E-state index in [2.05, 4.69) is 76.6 Å². The van der Waals surface area contributed by atoms with Crippen molar-refractivity contribution in [3.8, 4) is 28.6 Å². The van der Waals surface area contributed by atoms with Crippen LogP contribution < -0.4 is 37.3 Å². The number of aliphatic hydroxyl groups excluding tert-OH is 2. The number of nitrogens with zero attached hydrogens (tertiary/aromatic N) is 5. The molecule has 2 aromatic carbocycles. The van der Waals surface area contributed by atoms with Crippen LogP contribution in [-0.4, -0.2) is 44.3 Å². The largest absolute Gasteiger partial charge is 3.00 e. The molecule has 281 valence electrons. The molecule has 52 heavy (non-hydrogen) atoms. The molecule has 3 aromatic heterocycles. The van der Waals surface area contributed by atoms with Crippen molar-refractivity contribution in [1.82, 2.24) is 19.9 Å². The quantitative estimate of drug-likeness (QED) is 0.145. The van der Waals surface area contributed by atoms with E-state index in [4.69, 9.17) is 62.7 Å². The van der Waals surface area contributed by atoms with Crippen molar-refractivity contribution in [2.45, 2.75) is 26.6 Å². The Balaban J connectivity index is 0. The summed E-state index contributed by atoms with van der Waals surface area (Å²) in [5.41, 5.74) is 7.30. The molecule has 5 aromatic rings. The van der Waals surface area contributed by atoms with Crippen molar-refractivity contribution in [1.29, 1.82) is 5.26 Å². The van der Waals surface area contributed by atoms with E-state index in [-0.39, 0.29) is 16.5 Å². The first-order valence-electron chi connectivity index (χ1n) is 14.3. The van der Waals surface area contributed by atoms with Crippen LogP contribution in [0.15, 0.2) is 121 Å². The van der Waals surface area contributed by atoms with E-state index in [0.717, 1.165) is 60.4 Å². The summed E-state index contributed by atoms with van der Waals surface area (Å²) >= 11 is 0. The van der Waals surface area contributed by atoms with Crippen LogP contribution >= 0.6 is 0 Å². The molecule has 0 amide bonds. The molecular weight excluding hydrogens is 768 g/mol. The molecule has 0 aliphatic carbocycles. The zero-order valence-electron chi connectivity index (χ0n) is 28.1. The topological polar surface area (TPSA) is 291 Å². The second-order valence-electron chi connectivity index (χ2n) is 9.21. The van der Waals surface area contributed by atoms with Gasteiger partial charge in [-0.15, -0.1) is 20.5 Å². The molecule has 0 bridgehead atoms. The van der Waals surface area contributed by atoms with Crippen molar-refractivity contribution >= 4 is 0 Å². The van der Waals surface area contributed by atoms with Gasteiger partial charge in [0.15, 0.2) is 0 Å². The Bertz CT molecular complexity index is 1540. The minimum atomic E-state index is -4.94. The summed E-state index contributed by atoms with van der Waals surface area (Å²) < 4.78 is 67.9. The van der Waals surface area contributed by atoms with E-state index in [1.165, 1.54) is 6.92 Å². The van der Waals surface area contributed by atoms with Crippen LogP contribution in [0.4, 0.5) is 0 Å². The van der Waals surface area contributed by atoms with Crippen molar-refractivity contribution in [3.63, 3.8) is 0 Å². The summed E-state index contributed by atoms with van der Waals surface area (Å²) in [6.07, 6.45) is 1.84. The molecule has 1 radical (unpaired) electrons. The number of aromatic nitrogens is 3. The maximum Gasteiger partial charge on any atom is 3.00 e. The van der Waals surface area contributed by atoms with Gasteiger partial charge in [-0.05, 0) is 36.4 Å². The molecule has 2 N–H and O–H groups in total. The minimum Gasteiger partial charge on any atom is -0.400 e. The van der Waals surface area contributed by atoms with Crippen LogP contribution in [0.3, 0.4) is 0 Å². The van der Waals surface area contributed by atoms with Crippen LogP contribution in [0, 0.1) is 31.8 Å². The predicted molar refractivity (Wildman–Crippen MR) is 164 cm³/mol. The number of hydrogen-bond acceptors (Lipinski definition) is 15. The van der Waals surface area contributed by atoms with Gasteiger partial charge >= 0.3 is 16.5 Å². The average molecular weight is 805 g/mol. The molecular formula is C34H37Cl2N5NiO10+. The smallest absolute Gasteiger partial charge is 0.400 e. The number of aliphatic hydroxyl groups is 2. The van der Waals surface area contributed by atoms with Crippen molar-refractivity contribution in [3.05, 3.63) is 139 Å². The third kappa shape index (κ3) is 25.9. The Morgan fingerprint density at radius 3 is 1.17 bits per heavy atom. The molecule has 0 saturated heterocycles. The molecule has 5 rings (SSSR count). The first-order valence-corrected chi connectivity index (χ1v) is 16.8. The van der Waals surface area contributed by atoms with Gasteiger partial charge in [-0.1, -0.05) is 78.9 Å². The zero-order chi connectivity index (χ0) is 38.7. The summed E-state index contributed by atoms with van der Waals surface area (Å²) in [5.74, 6) is 0. The Morgan fingerprint density at radius 2 is 0.846 bits per heavy atom. The van der Waals surface area contributed by atoms with E-state index in [9.17, 15) is 0 Å². The summed E-state index contributed by atoms with van der Waals surface area (Å²) in [5, 5.41) is 21.3.